The molecule has 0 bridgehead atoms. The minimum Gasteiger partial charge on any atom is -0.460 e. The van der Waals surface area contributed by atoms with Crippen LogP contribution in [0.1, 0.15) is 24.8 Å². The summed E-state index contributed by atoms with van der Waals surface area (Å²) in [6.45, 7) is 0.0689. The number of nitrogens with two attached hydrogens (primary N) is 2. The lowest BCUT2D eigenvalue weighted by atomic mass is 10.0. The van der Waals surface area contributed by atoms with Crippen LogP contribution in [0.2, 0.25) is 0 Å². The van der Waals surface area contributed by atoms with Gasteiger partial charge in [0.2, 0.25) is 0 Å². The van der Waals surface area contributed by atoms with Gasteiger partial charge in [-0.15, -0.1) is 0 Å². The van der Waals surface area contributed by atoms with Crippen LogP contribution >= 0.6 is 0 Å². The van der Waals surface area contributed by atoms with Crippen molar-refractivity contribution in [2.45, 2.75) is 44.1 Å². The zero-order chi connectivity index (χ0) is 17.5. The van der Waals surface area contributed by atoms with Crippen LogP contribution in [0.5, 0.6) is 0 Å². The topological polar surface area (TPSA) is 95.4 Å². The number of alkyl halides is 3. The molecule has 0 radical (unpaired) electrons. The van der Waals surface area contributed by atoms with Crippen molar-refractivity contribution in [1.82, 2.24) is 0 Å². The maximum Gasteiger partial charge on any atom is 0.451 e. The average molecular weight is 332 g/mol. The first kappa shape index (κ1) is 19.1. The largest absolute Gasteiger partial charge is 0.460 e. The number of hydrogen-bond donors (Lipinski definition) is 2. The van der Waals surface area contributed by atoms with Crippen molar-refractivity contribution in [2.24, 2.45) is 11.5 Å². The van der Waals surface area contributed by atoms with Gasteiger partial charge in [-0.1, -0.05) is 30.3 Å². The van der Waals surface area contributed by atoms with Gasteiger partial charge < -0.3 is 16.2 Å². The predicted molar refractivity (Wildman–Crippen MR) is 77.1 cm³/mol. The fourth-order valence-electron chi connectivity index (χ4n) is 1.85. The van der Waals surface area contributed by atoms with Crippen LogP contribution in [0.15, 0.2) is 30.3 Å². The first-order valence-corrected chi connectivity index (χ1v) is 7.04. The highest BCUT2D eigenvalue weighted by molar-refractivity contribution is 5.88. The first-order chi connectivity index (χ1) is 10.7. The van der Waals surface area contributed by atoms with Crippen LogP contribution in [-0.4, -0.2) is 30.0 Å². The molecule has 1 rings (SSSR count). The Kier molecular flexibility index (Phi) is 7.18. The summed E-state index contributed by atoms with van der Waals surface area (Å²) < 4.78 is 41.4. The number of benzene rings is 1. The number of carbonyl (C=O) groups excluding carboxylic acids is 2. The van der Waals surface area contributed by atoms with E-state index in [1.165, 1.54) is 0 Å². The Morgan fingerprint density at radius 2 is 1.61 bits per heavy atom. The van der Waals surface area contributed by atoms with Crippen molar-refractivity contribution in [3.05, 3.63) is 35.9 Å². The molecular weight excluding hydrogens is 313 g/mol. The molecule has 0 aromatic heterocycles. The van der Waals surface area contributed by atoms with Gasteiger partial charge in [-0.25, -0.2) is 0 Å². The minimum atomic E-state index is -4.95. The van der Waals surface area contributed by atoms with Gasteiger partial charge in [-0.05, 0) is 24.8 Å². The van der Waals surface area contributed by atoms with Crippen LogP contribution in [0.4, 0.5) is 13.2 Å². The quantitative estimate of drug-likeness (QED) is 0.706. The van der Waals surface area contributed by atoms with Gasteiger partial charge in [-0.3, -0.25) is 9.59 Å². The third kappa shape index (κ3) is 6.79. The lowest BCUT2D eigenvalue weighted by Crippen LogP contribution is -2.40. The zero-order valence-corrected chi connectivity index (χ0v) is 12.4. The average Bonchev–Trinajstić information content (AvgIpc) is 2.51. The second kappa shape index (κ2) is 8.64. The van der Waals surface area contributed by atoms with E-state index < -0.39 is 30.0 Å². The summed E-state index contributed by atoms with van der Waals surface area (Å²) in [6, 6.07) is 6.36. The highest BCUT2D eigenvalue weighted by Gasteiger charge is 2.41. The molecule has 1 aromatic carbocycles. The van der Waals surface area contributed by atoms with E-state index >= 15 is 0 Å². The molecule has 0 aliphatic carbocycles. The number of ketones is 1. The van der Waals surface area contributed by atoms with Gasteiger partial charge >= 0.3 is 12.1 Å². The van der Waals surface area contributed by atoms with Crippen molar-refractivity contribution in [1.29, 1.82) is 0 Å². The van der Waals surface area contributed by atoms with Gasteiger partial charge in [0.05, 0.1) is 6.04 Å². The molecule has 0 fully saturated rings. The third-order valence-electron chi connectivity index (χ3n) is 3.17. The molecule has 0 saturated carbocycles. The second-order valence-corrected chi connectivity index (χ2v) is 5.10. The van der Waals surface area contributed by atoms with E-state index in [1.807, 2.05) is 6.07 Å². The van der Waals surface area contributed by atoms with Crippen molar-refractivity contribution in [3.8, 4) is 0 Å². The monoisotopic (exact) mass is 332 g/mol. The maximum atomic E-state index is 12.1. The molecule has 4 N–H and O–H groups in total. The Morgan fingerprint density at radius 3 is 2.17 bits per heavy atom. The Balaban J connectivity index is 2.29. The van der Waals surface area contributed by atoms with Gasteiger partial charge in [-0.2, -0.15) is 13.2 Å². The molecule has 0 aliphatic heterocycles. The summed E-state index contributed by atoms with van der Waals surface area (Å²) in [5.74, 6) is -2.62. The molecule has 0 aliphatic rings. The fourth-order valence-corrected chi connectivity index (χ4v) is 1.85. The summed E-state index contributed by atoms with van der Waals surface area (Å²) >= 11 is 0. The number of ether oxygens (including phenoxy) is 1. The Labute approximate surface area is 131 Å². The van der Waals surface area contributed by atoms with Crippen LogP contribution < -0.4 is 11.5 Å². The number of halogens is 3. The van der Waals surface area contributed by atoms with Crippen molar-refractivity contribution in [2.75, 3.05) is 0 Å². The molecule has 1 unspecified atom stereocenters. The smallest absolute Gasteiger partial charge is 0.451 e. The molecular formula is C15H19F3N2O3. The SMILES string of the molecule is NC(CCC[C@H](N)C(=O)OCc1ccccc1)C(=O)C(F)(F)F. The summed E-state index contributed by atoms with van der Waals surface area (Å²) in [4.78, 5) is 22.5. The van der Waals surface area contributed by atoms with E-state index in [0.717, 1.165) is 5.56 Å². The Hall–Kier alpha value is -1.93. The molecule has 0 amide bonds. The number of esters is 1. The Bertz CT molecular complexity index is 520. The molecule has 0 spiro atoms. The van der Waals surface area contributed by atoms with Crippen LogP contribution in [0.3, 0.4) is 0 Å². The lowest BCUT2D eigenvalue weighted by Gasteiger charge is -2.14. The molecule has 8 heteroatoms. The van der Waals surface area contributed by atoms with Gasteiger partial charge in [0.15, 0.2) is 0 Å². The molecule has 0 heterocycles. The highest BCUT2D eigenvalue weighted by atomic mass is 19.4. The highest BCUT2D eigenvalue weighted by Crippen LogP contribution is 2.19. The van der Waals surface area contributed by atoms with Gasteiger partial charge in [0, 0.05) is 0 Å². The molecule has 2 atom stereocenters. The van der Waals surface area contributed by atoms with Crippen molar-refractivity contribution >= 4 is 11.8 Å². The van der Waals surface area contributed by atoms with Gasteiger partial charge in [0.1, 0.15) is 12.6 Å². The summed E-state index contributed by atoms with van der Waals surface area (Å²) in [7, 11) is 0. The number of carbonyl (C=O) groups is 2. The first-order valence-electron chi connectivity index (χ1n) is 7.04. The molecule has 128 valence electrons. The van der Waals surface area contributed by atoms with E-state index in [9.17, 15) is 22.8 Å². The summed E-state index contributed by atoms with van der Waals surface area (Å²) in [6.07, 6.45) is -4.94. The van der Waals surface area contributed by atoms with E-state index in [-0.39, 0.29) is 25.9 Å². The molecule has 5 nitrogen and oxygen atoms in total. The molecule has 0 saturated heterocycles. The van der Waals surface area contributed by atoms with E-state index in [1.54, 1.807) is 24.3 Å². The van der Waals surface area contributed by atoms with Crippen molar-refractivity contribution in [3.63, 3.8) is 0 Å². The van der Waals surface area contributed by atoms with E-state index in [0.29, 0.717) is 0 Å². The maximum absolute atomic E-state index is 12.1. The normalized spacial score (nSPS) is 14.1. The Morgan fingerprint density at radius 1 is 1.04 bits per heavy atom. The number of rotatable bonds is 8. The van der Waals surface area contributed by atoms with Crippen LogP contribution in [0.25, 0.3) is 0 Å². The lowest BCUT2D eigenvalue weighted by molar-refractivity contribution is -0.172. The van der Waals surface area contributed by atoms with E-state index in [4.69, 9.17) is 16.2 Å². The van der Waals surface area contributed by atoms with E-state index in [2.05, 4.69) is 0 Å². The minimum absolute atomic E-state index is 0.0689. The summed E-state index contributed by atoms with van der Waals surface area (Å²) in [5, 5.41) is 0. The van der Waals surface area contributed by atoms with Gasteiger partial charge in [0.25, 0.3) is 5.78 Å². The summed E-state index contributed by atoms with van der Waals surface area (Å²) in [5.41, 5.74) is 11.6. The molecule has 1 aromatic rings. The standard InChI is InChI=1S/C15H19F3N2O3/c16-15(17,18)13(21)11(19)7-4-8-12(20)14(22)23-9-10-5-2-1-3-6-10/h1-3,5-6,11-12H,4,7-9,19-20H2/t11?,12-/m0/s1. The van der Waals surface area contributed by atoms with Crippen LogP contribution in [0, 0.1) is 0 Å². The number of hydrogen-bond acceptors (Lipinski definition) is 5. The van der Waals surface area contributed by atoms with Crippen LogP contribution in [-0.2, 0) is 20.9 Å². The number of Topliss-reactive ketones (excluding diaryl/α,β-unsaturated/α-hetero) is 1. The van der Waals surface area contributed by atoms with Crippen molar-refractivity contribution < 1.29 is 27.5 Å². The fraction of sp³-hybridized carbons (Fsp3) is 0.467. The zero-order valence-electron chi connectivity index (χ0n) is 12.4. The predicted octanol–water partition coefficient (Wildman–Crippen LogP) is 1.69. The third-order valence-corrected chi connectivity index (χ3v) is 3.17. The molecule has 23 heavy (non-hydrogen) atoms. The second-order valence-electron chi connectivity index (χ2n) is 5.10.